The first-order chi connectivity index (χ1) is 14.8. The normalized spacial score (nSPS) is 15.1. The van der Waals surface area contributed by atoms with Crippen LogP contribution in [0.2, 0.25) is 31.0 Å². The minimum atomic E-state index is -1.14. The van der Waals surface area contributed by atoms with Crippen molar-refractivity contribution in [2.45, 2.75) is 71.1 Å². The summed E-state index contributed by atoms with van der Waals surface area (Å²) in [7, 11) is -1.14. The van der Waals surface area contributed by atoms with Crippen LogP contribution in [0.5, 0.6) is 5.88 Å². The lowest BCUT2D eigenvalue weighted by Crippen LogP contribution is -2.22. The molecule has 2 aromatic heterocycles. The van der Waals surface area contributed by atoms with Crippen LogP contribution in [0.25, 0.3) is 22.2 Å². The molecule has 1 aliphatic rings. The fourth-order valence-electron chi connectivity index (χ4n) is 4.05. The summed E-state index contributed by atoms with van der Waals surface area (Å²) in [6.07, 6.45) is 6.80. The Hall–Kier alpha value is -1.89. The molecule has 0 atom stereocenters. The van der Waals surface area contributed by atoms with Crippen molar-refractivity contribution in [2.24, 2.45) is 0 Å². The fraction of sp³-hybridized carbons (Fsp3) is 0.500. The molecule has 3 aromatic rings. The van der Waals surface area contributed by atoms with Gasteiger partial charge in [-0.1, -0.05) is 49.5 Å². The van der Waals surface area contributed by atoms with Gasteiger partial charge < -0.3 is 14.0 Å². The van der Waals surface area contributed by atoms with Crippen LogP contribution in [-0.2, 0) is 11.5 Å². The van der Waals surface area contributed by atoms with E-state index in [4.69, 9.17) is 21.1 Å². The van der Waals surface area contributed by atoms with Crippen LogP contribution in [0.15, 0.2) is 30.5 Å². The van der Waals surface area contributed by atoms with Crippen LogP contribution in [-0.4, -0.2) is 35.3 Å². The number of benzene rings is 1. The number of aryl methyl sites for hydroxylation is 1. The van der Waals surface area contributed by atoms with Gasteiger partial charge in [0, 0.05) is 26.4 Å². The van der Waals surface area contributed by atoms with Crippen LogP contribution in [0.1, 0.15) is 31.2 Å². The van der Waals surface area contributed by atoms with Crippen molar-refractivity contribution in [3.05, 3.63) is 41.3 Å². The summed E-state index contributed by atoms with van der Waals surface area (Å²) in [5, 5.41) is 1.12. The molecule has 5 nitrogen and oxygen atoms in total. The molecule has 1 fully saturated rings. The average molecular weight is 458 g/mol. The van der Waals surface area contributed by atoms with Crippen molar-refractivity contribution < 1.29 is 9.47 Å². The molecule has 7 heteroatoms. The Bertz CT molecular complexity index is 1050. The van der Waals surface area contributed by atoms with Crippen LogP contribution >= 0.6 is 11.6 Å². The number of fused-ring (bicyclic) bond motifs is 1. The Morgan fingerprint density at radius 2 is 1.94 bits per heavy atom. The minimum Gasteiger partial charge on any atom is -0.474 e. The number of nitrogens with zero attached hydrogens (tertiary/aromatic N) is 3. The zero-order chi connectivity index (χ0) is 22.0. The lowest BCUT2D eigenvalue weighted by Gasteiger charge is -2.16. The van der Waals surface area contributed by atoms with Gasteiger partial charge in [0.15, 0.2) is 5.65 Å². The predicted molar refractivity (Wildman–Crippen MR) is 130 cm³/mol. The van der Waals surface area contributed by atoms with E-state index in [-0.39, 0.29) is 11.4 Å². The van der Waals surface area contributed by atoms with E-state index in [1.807, 2.05) is 4.57 Å². The van der Waals surface area contributed by atoms with Gasteiger partial charge in [0.2, 0.25) is 11.2 Å². The molecule has 2 heterocycles. The summed E-state index contributed by atoms with van der Waals surface area (Å²) in [6.45, 7) is 10.4. The van der Waals surface area contributed by atoms with E-state index in [0.717, 1.165) is 47.7 Å². The summed E-state index contributed by atoms with van der Waals surface area (Å²) < 4.78 is 14.4. The van der Waals surface area contributed by atoms with E-state index in [9.17, 15) is 0 Å². The Morgan fingerprint density at radius 3 is 2.65 bits per heavy atom. The topological polar surface area (TPSA) is 49.2 Å². The van der Waals surface area contributed by atoms with Crippen LogP contribution < -0.4 is 4.74 Å². The van der Waals surface area contributed by atoms with E-state index < -0.39 is 8.07 Å². The highest BCUT2D eigenvalue weighted by Gasteiger charge is 2.23. The number of rotatable bonds is 8. The highest BCUT2D eigenvalue weighted by atomic mass is 35.5. The third-order valence-corrected chi connectivity index (χ3v) is 7.67. The van der Waals surface area contributed by atoms with Crippen LogP contribution in [0.4, 0.5) is 0 Å². The quantitative estimate of drug-likeness (QED) is 0.214. The van der Waals surface area contributed by atoms with Gasteiger partial charge in [0.25, 0.3) is 0 Å². The summed E-state index contributed by atoms with van der Waals surface area (Å²) in [4.78, 5) is 9.07. The maximum atomic E-state index is 6.36. The van der Waals surface area contributed by atoms with Gasteiger partial charge in [-0.3, -0.25) is 0 Å². The molecule has 0 unspecified atom stereocenters. The summed E-state index contributed by atoms with van der Waals surface area (Å²) >= 11 is 6.33. The number of hydrogen-bond acceptors (Lipinski definition) is 4. The first kappa shape index (κ1) is 22.3. The third kappa shape index (κ3) is 5.48. The second kappa shape index (κ2) is 9.31. The Balaban J connectivity index is 1.74. The van der Waals surface area contributed by atoms with Gasteiger partial charge in [-0.05, 0) is 55.8 Å². The van der Waals surface area contributed by atoms with Gasteiger partial charge in [-0.15, -0.1) is 0 Å². The zero-order valence-corrected chi connectivity index (χ0v) is 20.7. The van der Waals surface area contributed by atoms with E-state index >= 15 is 0 Å². The largest absolute Gasteiger partial charge is 0.474 e. The molecule has 0 N–H and O–H groups in total. The number of hydrogen-bond donors (Lipinski definition) is 0. The molecule has 1 aliphatic carbocycles. The SMILES string of the molecule is Cc1cccc(-c2cn(COCC[Si](C)(C)C)c3nc(Cl)nc(OC4CCCC4)c23)c1. The molecule has 0 saturated heterocycles. The minimum absolute atomic E-state index is 0.191. The fourth-order valence-corrected chi connectivity index (χ4v) is 4.96. The molecular weight excluding hydrogens is 426 g/mol. The standard InChI is InChI=1S/C24H32ClN3O2Si/c1-17-8-7-9-18(14-17)20-15-28(16-29-12-13-31(2,3)4)22-21(20)23(27-24(25)26-22)30-19-10-5-6-11-19/h7-9,14-15,19H,5-6,10-13,16H2,1-4H3. The molecular formula is C24H32ClN3O2Si. The molecule has 0 radical (unpaired) electrons. The molecule has 0 amide bonds. The zero-order valence-electron chi connectivity index (χ0n) is 18.9. The predicted octanol–water partition coefficient (Wildman–Crippen LogP) is 6.69. The summed E-state index contributed by atoms with van der Waals surface area (Å²) in [6, 6.07) is 9.60. The first-order valence-corrected chi connectivity index (χ1v) is 15.3. The maximum Gasteiger partial charge on any atom is 0.228 e. The van der Waals surface area contributed by atoms with Crippen molar-refractivity contribution in [3.8, 4) is 17.0 Å². The molecule has 1 saturated carbocycles. The monoisotopic (exact) mass is 457 g/mol. The molecule has 4 rings (SSSR count). The van der Waals surface area contributed by atoms with Crippen molar-refractivity contribution >= 4 is 30.7 Å². The molecule has 0 aliphatic heterocycles. The summed E-state index contributed by atoms with van der Waals surface area (Å²) in [5.41, 5.74) is 4.14. The number of ether oxygens (including phenoxy) is 2. The smallest absolute Gasteiger partial charge is 0.228 e. The van der Waals surface area contributed by atoms with Crippen LogP contribution in [0, 0.1) is 6.92 Å². The maximum absolute atomic E-state index is 6.36. The van der Waals surface area contributed by atoms with Crippen molar-refractivity contribution in [1.82, 2.24) is 14.5 Å². The molecule has 0 bridgehead atoms. The highest BCUT2D eigenvalue weighted by Crippen LogP contribution is 2.38. The first-order valence-electron chi connectivity index (χ1n) is 11.2. The molecule has 166 valence electrons. The van der Waals surface area contributed by atoms with E-state index in [2.05, 4.69) is 67.0 Å². The van der Waals surface area contributed by atoms with Crippen molar-refractivity contribution in [2.75, 3.05) is 6.61 Å². The average Bonchev–Trinajstić information content (AvgIpc) is 3.32. The lowest BCUT2D eigenvalue weighted by molar-refractivity contribution is 0.0899. The van der Waals surface area contributed by atoms with Gasteiger partial charge in [0.1, 0.15) is 12.8 Å². The highest BCUT2D eigenvalue weighted by molar-refractivity contribution is 6.76. The van der Waals surface area contributed by atoms with E-state index in [1.54, 1.807) is 0 Å². The van der Waals surface area contributed by atoms with Gasteiger partial charge in [0.05, 0.1) is 5.39 Å². The van der Waals surface area contributed by atoms with E-state index in [1.165, 1.54) is 18.4 Å². The van der Waals surface area contributed by atoms with Gasteiger partial charge in [-0.25, -0.2) is 0 Å². The lowest BCUT2D eigenvalue weighted by atomic mass is 10.0. The molecule has 1 aromatic carbocycles. The Morgan fingerprint density at radius 1 is 1.16 bits per heavy atom. The van der Waals surface area contributed by atoms with E-state index in [0.29, 0.717) is 12.6 Å². The number of halogens is 1. The van der Waals surface area contributed by atoms with Crippen LogP contribution in [0.3, 0.4) is 0 Å². The third-order valence-electron chi connectivity index (χ3n) is 5.79. The molecule has 31 heavy (non-hydrogen) atoms. The van der Waals surface area contributed by atoms with Crippen molar-refractivity contribution in [1.29, 1.82) is 0 Å². The van der Waals surface area contributed by atoms with Crippen molar-refractivity contribution in [3.63, 3.8) is 0 Å². The Labute approximate surface area is 190 Å². The number of aromatic nitrogens is 3. The second-order valence-electron chi connectivity index (χ2n) is 9.75. The Kier molecular flexibility index (Phi) is 6.70. The van der Waals surface area contributed by atoms with Gasteiger partial charge >= 0.3 is 0 Å². The summed E-state index contributed by atoms with van der Waals surface area (Å²) in [5.74, 6) is 0.583. The second-order valence-corrected chi connectivity index (χ2v) is 15.7. The molecule has 0 spiro atoms. The van der Waals surface area contributed by atoms with Gasteiger partial charge in [-0.2, -0.15) is 9.97 Å².